The summed E-state index contributed by atoms with van der Waals surface area (Å²) in [5.41, 5.74) is 19.7. The van der Waals surface area contributed by atoms with Gasteiger partial charge < -0.3 is 14.2 Å². The minimum absolute atomic E-state index is 0.0398. The van der Waals surface area contributed by atoms with Crippen LogP contribution in [0.5, 0.6) is 0 Å². The van der Waals surface area contributed by atoms with Crippen LogP contribution in [0.15, 0.2) is 283 Å². The van der Waals surface area contributed by atoms with Crippen LogP contribution in [0.1, 0.15) is 77.6 Å². The minimum Gasteiger partial charge on any atom is -0.456 e. The van der Waals surface area contributed by atoms with Gasteiger partial charge in [0.1, 0.15) is 11.2 Å². The Kier molecular flexibility index (Phi) is 13.0. The minimum atomic E-state index is -0.0858. The summed E-state index contributed by atoms with van der Waals surface area (Å²) in [6, 6.07) is 103. The molecule has 0 saturated carbocycles. The summed E-state index contributed by atoms with van der Waals surface area (Å²) >= 11 is 5.74. The first-order chi connectivity index (χ1) is 47.6. The van der Waals surface area contributed by atoms with Crippen LogP contribution in [-0.2, 0) is 21.7 Å². The van der Waals surface area contributed by atoms with Crippen molar-refractivity contribution in [2.45, 2.75) is 77.0 Å². The van der Waals surface area contributed by atoms with Gasteiger partial charge in [-0.1, -0.05) is 213 Å². The summed E-state index contributed by atoms with van der Waals surface area (Å²) in [7, 11) is 0. The Labute approximate surface area is 582 Å². The molecule has 0 radical (unpaired) electrons. The fourth-order valence-corrected chi connectivity index (χ4v) is 20.5. The molecule has 18 aromatic rings. The molecule has 0 aliphatic heterocycles. The number of nitrogens with zero attached hydrogens (tertiary/aromatic N) is 2. The van der Waals surface area contributed by atoms with E-state index in [-0.39, 0.29) is 21.7 Å². The van der Waals surface area contributed by atoms with Crippen LogP contribution in [0.3, 0.4) is 0 Å². The summed E-state index contributed by atoms with van der Waals surface area (Å²) < 4.78 is 14.4. The number of benzene rings is 14. The van der Waals surface area contributed by atoms with Crippen molar-refractivity contribution in [1.82, 2.24) is 0 Å². The van der Waals surface area contributed by atoms with E-state index in [1.54, 1.807) is 0 Å². The Morgan fingerprint density at radius 2 is 0.755 bits per heavy atom. The molecule has 0 amide bonds. The highest BCUT2D eigenvalue weighted by molar-refractivity contribution is 7.27. The van der Waals surface area contributed by atoms with Gasteiger partial charge in [0.15, 0.2) is 0 Å². The van der Waals surface area contributed by atoms with Crippen LogP contribution in [-0.4, -0.2) is 0 Å². The van der Waals surface area contributed by atoms with Crippen LogP contribution in [0.25, 0.3) is 126 Å². The maximum Gasteiger partial charge on any atom is 0.137 e. The highest BCUT2D eigenvalue weighted by atomic mass is 32.1. The molecule has 2 aliphatic rings. The molecule has 0 atom stereocenters. The van der Waals surface area contributed by atoms with Gasteiger partial charge in [0.05, 0.1) is 0 Å². The zero-order valence-corrected chi connectivity index (χ0v) is 58.5. The van der Waals surface area contributed by atoms with E-state index in [0.29, 0.717) is 0 Å². The number of furan rings is 1. The number of anilines is 6. The van der Waals surface area contributed by atoms with Gasteiger partial charge in [0.25, 0.3) is 0 Å². The van der Waals surface area contributed by atoms with E-state index < -0.39 is 0 Å². The van der Waals surface area contributed by atoms with Crippen molar-refractivity contribution in [2.75, 3.05) is 9.80 Å². The van der Waals surface area contributed by atoms with Gasteiger partial charge in [-0.25, -0.2) is 0 Å². The summed E-state index contributed by atoms with van der Waals surface area (Å²) in [4.78, 5) is 4.78. The predicted octanol–water partition coefficient (Wildman–Crippen LogP) is 28.1. The lowest BCUT2D eigenvalue weighted by Gasteiger charge is -2.49. The molecule has 4 heterocycles. The van der Waals surface area contributed by atoms with Crippen molar-refractivity contribution >= 4 is 172 Å². The maximum absolute atomic E-state index is 6.35. The van der Waals surface area contributed by atoms with E-state index in [2.05, 4.69) is 332 Å². The smallest absolute Gasteiger partial charge is 0.137 e. The Hall–Kier alpha value is -10.3. The van der Waals surface area contributed by atoms with E-state index in [1.165, 1.54) is 138 Å². The van der Waals surface area contributed by atoms with E-state index >= 15 is 0 Å². The zero-order valence-electron chi connectivity index (χ0n) is 56.1. The van der Waals surface area contributed by atoms with Gasteiger partial charge in [-0.2, -0.15) is 0 Å². The second kappa shape index (κ2) is 21.6. The lowest BCUT2D eigenvalue weighted by atomic mass is 9.54. The van der Waals surface area contributed by atoms with Gasteiger partial charge in [0, 0.05) is 122 Å². The Balaban J connectivity index is 0.000000137. The largest absolute Gasteiger partial charge is 0.456 e. The third-order valence-corrected chi connectivity index (χ3v) is 26.6. The third-order valence-electron chi connectivity index (χ3n) is 23.1. The Bertz CT molecular complexity index is 6330. The average molecular weight is 1320 g/mol. The normalized spacial score (nSPS) is 14.9. The Morgan fingerprint density at radius 1 is 0.265 bits per heavy atom. The molecule has 472 valence electrons. The van der Waals surface area contributed by atoms with Crippen molar-refractivity contribution in [3.8, 4) is 22.3 Å². The first kappa shape index (κ1) is 59.0. The van der Waals surface area contributed by atoms with Crippen LogP contribution >= 0.6 is 34.0 Å². The second-order valence-electron chi connectivity index (χ2n) is 29.1. The number of hydrogen-bond acceptors (Lipinski definition) is 6. The van der Waals surface area contributed by atoms with Gasteiger partial charge >= 0.3 is 0 Å². The molecule has 0 unspecified atom stereocenters. The summed E-state index contributed by atoms with van der Waals surface area (Å²) in [6.07, 6.45) is 0. The van der Waals surface area contributed by atoms with Crippen LogP contribution in [0.4, 0.5) is 34.1 Å². The molecule has 0 bridgehead atoms. The quantitative estimate of drug-likeness (QED) is 0.165. The van der Waals surface area contributed by atoms with Crippen molar-refractivity contribution in [3.05, 3.63) is 301 Å². The zero-order chi connectivity index (χ0) is 66.1. The third kappa shape index (κ3) is 8.57. The number of fused-ring (bicyclic) bond motifs is 24. The molecule has 4 aromatic heterocycles. The summed E-state index contributed by atoms with van der Waals surface area (Å²) in [5.74, 6) is 0. The van der Waals surface area contributed by atoms with Gasteiger partial charge in [-0.15, -0.1) is 34.0 Å². The van der Waals surface area contributed by atoms with Gasteiger partial charge in [0.2, 0.25) is 0 Å². The van der Waals surface area contributed by atoms with E-state index in [1.807, 2.05) is 46.1 Å². The van der Waals surface area contributed by atoms with Crippen molar-refractivity contribution in [3.63, 3.8) is 0 Å². The van der Waals surface area contributed by atoms with Crippen LogP contribution < -0.4 is 9.80 Å². The van der Waals surface area contributed by atoms with Crippen molar-refractivity contribution in [2.24, 2.45) is 0 Å². The Morgan fingerprint density at radius 3 is 1.46 bits per heavy atom. The van der Waals surface area contributed by atoms with Gasteiger partial charge in [-0.3, -0.25) is 0 Å². The standard InChI is InChI=1S/C46H35NOS.C46H35NS2/c1-45(2)39-27-43-38(26-36(39)35-21-18-28-12-8-9-15-32(28)44(35)46(45,3)4)37-24-30(20-23-42(37)49-43)47(29-13-6-5-7-14-29)31-19-22-34-33-16-10-11-17-40(33)48-41(34)25-31;1-45(2)37-20-12-10-19-34(37)41-32-17-8-9-18-33(32)42-36-27-30(23-25-40(36)49-44(42)43(41)46(45,3)4)47(28-14-6-5-7-15-28)29-22-24-39-35(26-29)31-16-11-13-21-38(31)48-39/h2*5-27H,1-4H3. The topological polar surface area (TPSA) is 19.6 Å². The fraction of sp³-hybridized carbons (Fsp3) is 0.130. The summed E-state index contributed by atoms with van der Waals surface area (Å²) in [5, 5.41) is 15.6. The first-order valence-corrected chi connectivity index (χ1v) is 36.6. The average Bonchev–Trinajstić information content (AvgIpc) is 1.17. The molecule has 98 heavy (non-hydrogen) atoms. The van der Waals surface area contributed by atoms with Crippen molar-refractivity contribution in [1.29, 1.82) is 0 Å². The van der Waals surface area contributed by atoms with E-state index in [0.717, 1.165) is 44.7 Å². The lowest BCUT2D eigenvalue weighted by Crippen LogP contribution is -2.43. The molecule has 2 aliphatic carbocycles. The first-order valence-electron chi connectivity index (χ1n) is 34.2. The number of hydrogen-bond donors (Lipinski definition) is 0. The van der Waals surface area contributed by atoms with E-state index in [9.17, 15) is 0 Å². The SMILES string of the molecule is CC1(C)c2cc3sc4ccc(N(c5ccccc5)c5ccc6c(c5)oc5ccccc56)cc4c3cc2-c2ccc3ccccc3c2C1(C)C.CC1(C)c2ccccc2-c2c(c3sc4ccc(N(c5ccccc5)c5ccc6sc7ccccc7c6c5)cc4c3c3ccccc23)C1(C)C. The molecule has 0 N–H and O–H groups in total. The summed E-state index contributed by atoms with van der Waals surface area (Å²) in [6.45, 7) is 19.5. The molecule has 14 aromatic carbocycles. The highest BCUT2D eigenvalue weighted by Gasteiger charge is 2.49. The second-order valence-corrected chi connectivity index (χ2v) is 32.3. The van der Waals surface area contributed by atoms with Gasteiger partial charge in [-0.05, 0) is 192 Å². The number of thiophene rings is 3. The molecule has 20 rings (SSSR count). The van der Waals surface area contributed by atoms with Crippen LogP contribution in [0, 0.1) is 0 Å². The molecule has 0 saturated heterocycles. The molecule has 3 nitrogen and oxygen atoms in total. The van der Waals surface area contributed by atoms with Crippen molar-refractivity contribution < 1.29 is 4.42 Å². The van der Waals surface area contributed by atoms with E-state index in [4.69, 9.17) is 4.42 Å². The number of para-hydroxylation sites is 3. The molecule has 6 heteroatoms. The maximum atomic E-state index is 6.35. The molecular formula is C92H70N2OS3. The fourth-order valence-electron chi connectivity index (χ4n) is 16.9. The molecular weight excluding hydrogens is 1250 g/mol. The lowest BCUT2D eigenvalue weighted by molar-refractivity contribution is 0.301. The predicted molar refractivity (Wildman–Crippen MR) is 426 cm³/mol. The molecule has 0 spiro atoms. The number of rotatable bonds is 6. The monoisotopic (exact) mass is 1310 g/mol. The van der Waals surface area contributed by atoms with Crippen LogP contribution in [0.2, 0.25) is 0 Å². The highest BCUT2D eigenvalue weighted by Crippen LogP contribution is 2.61. The molecule has 0 fully saturated rings.